The Labute approximate surface area is 145 Å². The van der Waals surface area contributed by atoms with E-state index in [4.69, 9.17) is 0 Å². The zero-order valence-corrected chi connectivity index (χ0v) is 13.7. The van der Waals surface area contributed by atoms with Crippen molar-refractivity contribution in [2.24, 2.45) is 0 Å². The molecule has 0 bridgehead atoms. The van der Waals surface area contributed by atoms with Gasteiger partial charge in [-0.05, 0) is 6.07 Å². The molecule has 1 saturated heterocycles. The maximum absolute atomic E-state index is 12.1. The molecule has 7 heteroatoms. The van der Waals surface area contributed by atoms with Crippen LogP contribution < -0.4 is 15.4 Å². The van der Waals surface area contributed by atoms with Gasteiger partial charge in [0.15, 0.2) is 0 Å². The van der Waals surface area contributed by atoms with Gasteiger partial charge < -0.3 is 9.80 Å². The van der Waals surface area contributed by atoms with Crippen molar-refractivity contribution in [1.29, 1.82) is 0 Å². The number of nitrogens with one attached hydrogen (secondary N) is 1. The standard InChI is InChI=1S/C18H18N6O/c25-16-13-15(14-5-2-1-3-6-14)21-18(22-16)24-11-9-23(10-12-24)17-19-7-4-8-20-17/h1-8,13H,9-12H2,(H,21,22,25). The lowest BCUT2D eigenvalue weighted by Gasteiger charge is -2.34. The second kappa shape index (κ2) is 6.72. The Hall–Kier alpha value is -3.22. The van der Waals surface area contributed by atoms with Gasteiger partial charge in [0.25, 0.3) is 5.56 Å². The van der Waals surface area contributed by atoms with Gasteiger partial charge in [-0.3, -0.25) is 9.78 Å². The van der Waals surface area contributed by atoms with Crippen molar-refractivity contribution in [1.82, 2.24) is 19.9 Å². The highest BCUT2D eigenvalue weighted by molar-refractivity contribution is 5.60. The third kappa shape index (κ3) is 3.35. The van der Waals surface area contributed by atoms with E-state index in [9.17, 15) is 4.79 Å². The van der Waals surface area contributed by atoms with Gasteiger partial charge in [0.1, 0.15) is 0 Å². The Kier molecular flexibility index (Phi) is 4.12. The normalized spacial score (nSPS) is 14.6. The average molecular weight is 334 g/mol. The van der Waals surface area contributed by atoms with Crippen molar-refractivity contribution in [3.63, 3.8) is 0 Å². The first-order valence-corrected chi connectivity index (χ1v) is 8.23. The van der Waals surface area contributed by atoms with Crippen molar-refractivity contribution < 1.29 is 0 Å². The monoisotopic (exact) mass is 334 g/mol. The molecule has 0 spiro atoms. The van der Waals surface area contributed by atoms with Gasteiger partial charge in [-0.2, -0.15) is 0 Å². The predicted octanol–water partition coefficient (Wildman–Crippen LogP) is 1.55. The van der Waals surface area contributed by atoms with Crippen molar-refractivity contribution >= 4 is 11.9 Å². The molecule has 2 aromatic heterocycles. The zero-order chi connectivity index (χ0) is 17.1. The Morgan fingerprint density at radius 1 is 0.880 bits per heavy atom. The molecule has 1 N–H and O–H groups in total. The molecule has 0 radical (unpaired) electrons. The quantitative estimate of drug-likeness (QED) is 0.783. The van der Waals surface area contributed by atoms with Gasteiger partial charge in [-0.1, -0.05) is 30.3 Å². The fraction of sp³-hybridized carbons (Fsp3) is 0.222. The van der Waals surface area contributed by atoms with Crippen LogP contribution in [0, 0.1) is 0 Å². The maximum Gasteiger partial charge on any atom is 0.252 e. The number of nitrogens with zero attached hydrogens (tertiary/aromatic N) is 5. The highest BCUT2D eigenvalue weighted by Crippen LogP contribution is 2.18. The van der Waals surface area contributed by atoms with Crippen LogP contribution in [0.5, 0.6) is 0 Å². The summed E-state index contributed by atoms with van der Waals surface area (Å²) in [6.45, 7) is 3.06. The van der Waals surface area contributed by atoms with E-state index >= 15 is 0 Å². The molecule has 3 aromatic rings. The van der Waals surface area contributed by atoms with E-state index in [2.05, 4.69) is 29.7 Å². The summed E-state index contributed by atoms with van der Waals surface area (Å²) in [6, 6.07) is 13.1. The van der Waals surface area contributed by atoms with E-state index < -0.39 is 0 Å². The number of anilines is 2. The molecule has 0 aliphatic carbocycles. The van der Waals surface area contributed by atoms with E-state index in [0.29, 0.717) is 11.6 Å². The lowest BCUT2D eigenvalue weighted by atomic mass is 10.1. The molecule has 0 saturated carbocycles. The molecule has 7 nitrogen and oxygen atoms in total. The number of aromatic nitrogens is 4. The third-order valence-electron chi connectivity index (χ3n) is 4.21. The van der Waals surface area contributed by atoms with E-state index in [-0.39, 0.29) is 5.56 Å². The molecule has 25 heavy (non-hydrogen) atoms. The smallest absolute Gasteiger partial charge is 0.252 e. The largest absolute Gasteiger partial charge is 0.339 e. The van der Waals surface area contributed by atoms with Crippen LogP contribution in [0.3, 0.4) is 0 Å². The van der Waals surface area contributed by atoms with Crippen LogP contribution in [0.1, 0.15) is 0 Å². The first-order valence-electron chi connectivity index (χ1n) is 8.23. The van der Waals surface area contributed by atoms with E-state index in [0.717, 1.165) is 37.7 Å². The van der Waals surface area contributed by atoms with Crippen LogP contribution in [0.25, 0.3) is 11.3 Å². The summed E-state index contributed by atoms with van der Waals surface area (Å²) in [5.41, 5.74) is 1.48. The van der Waals surface area contributed by atoms with Crippen LogP contribution >= 0.6 is 0 Å². The second-order valence-electron chi connectivity index (χ2n) is 5.84. The summed E-state index contributed by atoms with van der Waals surface area (Å²) in [6.07, 6.45) is 3.49. The Bertz CT molecular complexity index is 888. The number of H-pyrrole nitrogens is 1. The fourth-order valence-corrected chi connectivity index (χ4v) is 2.92. The number of aromatic amines is 1. The van der Waals surface area contributed by atoms with Crippen molar-refractivity contribution in [2.75, 3.05) is 36.0 Å². The molecule has 0 atom stereocenters. The Morgan fingerprint density at radius 3 is 2.28 bits per heavy atom. The molecule has 1 aromatic carbocycles. The van der Waals surface area contributed by atoms with Crippen molar-refractivity contribution in [3.05, 3.63) is 65.2 Å². The van der Waals surface area contributed by atoms with Crippen LogP contribution in [0.15, 0.2) is 59.7 Å². The van der Waals surface area contributed by atoms with Gasteiger partial charge in [-0.25, -0.2) is 15.0 Å². The first-order chi connectivity index (χ1) is 12.3. The van der Waals surface area contributed by atoms with Crippen LogP contribution in [-0.4, -0.2) is 46.1 Å². The molecule has 1 aliphatic rings. The molecule has 1 aliphatic heterocycles. The number of benzene rings is 1. The lowest BCUT2D eigenvalue weighted by Crippen LogP contribution is -2.48. The van der Waals surface area contributed by atoms with Gasteiger partial charge in [-0.15, -0.1) is 0 Å². The highest BCUT2D eigenvalue weighted by Gasteiger charge is 2.20. The van der Waals surface area contributed by atoms with E-state index in [1.54, 1.807) is 12.4 Å². The summed E-state index contributed by atoms with van der Waals surface area (Å²) in [5.74, 6) is 1.35. The summed E-state index contributed by atoms with van der Waals surface area (Å²) in [7, 11) is 0. The number of rotatable bonds is 3. The molecule has 1 fully saturated rings. The summed E-state index contributed by atoms with van der Waals surface area (Å²) in [4.78, 5) is 32.4. The first kappa shape index (κ1) is 15.3. The summed E-state index contributed by atoms with van der Waals surface area (Å²) >= 11 is 0. The summed E-state index contributed by atoms with van der Waals surface area (Å²) in [5, 5.41) is 0. The van der Waals surface area contributed by atoms with Gasteiger partial charge >= 0.3 is 0 Å². The molecular weight excluding hydrogens is 316 g/mol. The molecule has 0 unspecified atom stereocenters. The Balaban J connectivity index is 1.53. The predicted molar refractivity (Wildman–Crippen MR) is 96.8 cm³/mol. The van der Waals surface area contributed by atoms with E-state index in [1.807, 2.05) is 36.4 Å². The zero-order valence-electron chi connectivity index (χ0n) is 13.7. The van der Waals surface area contributed by atoms with Crippen LogP contribution in [0.4, 0.5) is 11.9 Å². The lowest BCUT2D eigenvalue weighted by molar-refractivity contribution is 0.627. The third-order valence-corrected chi connectivity index (χ3v) is 4.21. The molecule has 126 valence electrons. The van der Waals surface area contributed by atoms with E-state index in [1.165, 1.54) is 6.07 Å². The Morgan fingerprint density at radius 2 is 1.56 bits per heavy atom. The highest BCUT2D eigenvalue weighted by atomic mass is 16.1. The average Bonchev–Trinajstić information content (AvgIpc) is 2.69. The SMILES string of the molecule is O=c1cc(-c2ccccc2)nc(N2CCN(c3ncccn3)CC2)[nH]1. The van der Waals surface area contributed by atoms with Crippen molar-refractivity contribution in [2.45, 2.75) is 0 Å². The summed E-state index contributed by atoms with van der Waals surface area (Å²) < 4.78 is 0. The molecule has 4 rings (SSSR count). The van der Waals surface area contributed by atoms with Crippen LogP contribution in [-0.2, 0) is 0 Å². The van der Waals surface area contributed by atoms with Gasteiger partial charge in [0.05, 0.1) is 5.69 Å². The molecular formula is C18H18N6O. The van der Waals surface area contributed by atoms with Gasteiger partial charge in [0.2, 0.25) is 11.9 Å². The molecule has 0 amide bonds. The number of hydrogen-bond donors (Lipinski definition) is 1. The second-order valence-corrected chi connectivity index (χ2v) is 5.84. The minimum Gasteiger partial charge on any atom is -0.339 e. The topological polar surface area (TPSA) is 78.0 Å². The minimum atomic E-state index is -0.141. The maximum atomic E-state index is 12.1. The van der Waals surface area contributed by atoms with Gasteiger partial charge in [0, 0.05) is 50.2 Å². The molecule has 3 heterocycles. The van der Waals surface area contributed by atoms with Crippen LogP contribution in [0.2, 0.25) is 0 Å². The fourth-order valence-electron chi connectivity index (χ4n) is 2.92. The van der Waals surface area contributed by atoms with Crippen molar-refractivity contribution in [3.8, 4) is 11.3 Å². The minimum absolute atomic E-state index is 0.141. The number of hydrogen-bond acceptors (Lipinski definition) is 6. The number of piperazine rings is 1.